The van der Waals surface area contributed by atoms with E-state index in [1.54, 1.807) is 4.90 Å². The van der Waals surface area contributed by atoms with Crippen LogP contribution < -0.4 is 19.7 Å². The fourth-order valence-corrected chi connectivity index (χ4v) is 7.84. The summed E-state index contributed by atoms with van der Waals surface area (Å²) < 4.78 is 11.9. The van der Waals surface area contributed by atoms with Gasteiger partial charge in [0, 0.05) is 24.3 Å². The Kier molecular flexibility index (Phi) is 6.18. The number of benzene rings is 2. The summed E-state index contributed by atoms with van der Waals surface area (Å²) in [5, 5.41) is 4.43. The molecule has 2 aromatic rings. The number of carbonyl (C=O) groups is 1. The summed E-state index contributed by atoms with van der Waals surface area (Å²) in [4.78, 5) is 14.7. The average molecular weight is 495 g/mol. The van der Waals surface area contributed by atoms with Crippen molar-refractivity contribution in [2.45, 2.75) is 64.0 Å². The molecule has 1 amide bonds. The van der Waals surface area contributed by atoms with Gasteiger partial charge in [-0.25, -0.2) is 0 Å². The van der Waals surface area contributed by atoms with Crippen molar-refractivity contribution < 1.29 is 14.3 Å². The second-order valence-corrected chi connectivity index (χ2v) is 11.5. The number of fused-ring (bicyclic) bond motifs is 1. The van der Waals surface area contributed by atoms with Crippen molar-refractivity contribution in [3.05, 3.63) is 52.5 Å². The fraction of sp³-hybridized carbons (Fsp3) is 0.552. The van der Waals surface area contributed by atoms with Crippen LogP contribution in [0.3, 0.4) is 0 Å². The van der Waals surface area contributed by atoms with Crippen LogP contribution in [-0.2, 0) is 17.8 Å². The van der Waals surface area contributed by atoms with Crippen LogP contribution in [0.1, 0.15) is 56.6 Å². The molecule has 1 N–H and O–H groups in total. The second kappa shape index (κ2) is 9.33. The molecule has 1 heterocycles. The topological polar surface area (TPSA) is 50.8 Å². The van der Waals surface area contributed by atoms with Crippen LogP contribution >= 0.6 is 11.6 Å². The van der Waals surface area contributed by atoms with Crippen molar-refractivity contribution in [3.8, 4) is 11.5 Å². The monoisotopic (exact) mass is 494 g/mol. The number of ether oxygens (including phenoxy) is 2. The number of hydrogen-bond donors (Lipinski definition) is 1. The van der Waals surface area contributed by atoms with Crippen molar-refractivity contribution in [1.29, 1.82) is 0 Å². The van der Waals surface area contributed by atoms with E-state index in [0.717, 1.165) is 42.0 Å². The van der Waals surface area contributed by atoms with E-state index in [-0.39, 0.29) is 12.5 Å². The first-order chi connectivity index (χ1) is 17.0. The standard InChI is InChI=1S/C29H35ClN2O3/c1-2-34-26-13-22(17-31-29-14-19-9-20(15-29)11-21(10-19)16-29)12-24(30)28(26)35-18-27(33)32-8-7-23-5-3-4-6-25(23)32/h3-6,12-13,19-21,31H,2,7-11,14-18H2,1H3. The van der Waals surface area contributed by atoms with Crippen LogP contribution in [0.25, 0.3) is 0 Å². The fourth-order valence-electron chi connectivity index (χ4n) is 7.55. The van der Waals surface area contributed by atoms with E-state index < -0.39 is 0 Å². The van der Waals surface area contributed by atoms with E-state index in [1.165, 1.54) is 44.1 Å². The maximum Gasteiger partial charge on any atom is 0.264 e. The van der Waals surface area contributed by atoms with Crippen molar-refractivity contribution >= 4 is 23.2 Å². The molecule has 0 aromatic heterocycles. The quantitative estimate of drug-likeness (QED) is 0.506. The number of para-hydroxylation sites is 1. The lowest BCUT2D eigenvalue weighted by Crippen LogP contribution is -2.58. The molecule has 186 valence electrons. The van der Waals surface area contributed by atoms with E-state index in [1.807, 2.05) is 37.3 Å². The van der Waals surface area contributed by atoms with Crippen LogP contribution in [0.2, 0.25) is 5.02 Å². The van der Waals surface area contributed by atoms with Crippen LogP contribution in [0.15, 0.2) is 36.4 Å². The third-order valence-electron chi connectivity index (χ3n) is 8.60. The molecule has 35 heavy (non-hydrogen) atoms. The smallest absolute Gasteiger partial charge is 0.264 e. The SMILES string of the molecule is CCOc1cc(CNC23CC4CC(CC(C4)C2)C3)cc(Cl)c1OCC(=O)N1CCc2ccccc21. The summed E-state index contributed by atoms with van der Waals surface area (Å²) in [5.74, 6) is 3.72. The highest BCUT2D eigenvalue weighted by Crippen LogP contribution is 2.55. The number of nitrogens with one attached hydrogen (secondary N) is 1. The number of halogens is 1. The van der Waals surface area contributed by atoms with Crippen molar-refractivity contribution in [2.24, 2.45) is 17.8 Å². The molecule has 0 atom stereocenters. The number of rotatable bonds is 8. The first kappa shape index (κ1) is 23.2. The molecule has 2 aromatic carbocycles. The second-order valence-electron chi connectivity index (χ2n) is 11.1. The third-order valence-corrected chi connectivity index (χ3v) is 8.88. The molecule has 4 aliphatic carbocycles. The van der Waals surface area contributed by atoms with Gasteiger partial charge in [0.25, 0.3) is 5.91 Å². The van der Waals surface area contributed by atoms with Crippen LogP contribution in [0.5, 0.6) is 11.5 Å². The van der Waals surface area contributed by atoms with Gasteiger partial charge in [0.15, 0.2) is 18.1 Å². The van der Waals surface area contributed by atoms with Gasteiger partial charge in [-0.3, -0.25) is 4.79 Å². The highest BCUT2D eigenvalue weighted by molar-refractivity contribution is 6.32. The Labute approximate surface area is 213 Å². The van der Waals surface area contributed by atoms with E-state index in [9.17, 15) is 4.79 Å². The van der Waals surface area contributed by atoms with Crippen molar-refractivity contribution in [1.82, 2.24) is 5.32 Å². The zero-order valence-corrected chi connectivity index (χ0v) is 21.3. The highest BCUT2D eigenvalue weighted by Gasteiger charge is 2.50. The molecule has 4 bridgehead atoms. The van der Waals surface area contributed by atoms with Crippen LogP contribution in [-0.4, -0.2) is 31.2 Å². The summed E-state index contributed by atoms with van der Waals surface area (Å²) in [6.07, 6.45) is 9.13. The molecular weight excluding hydrogens is 460 g/mol. The minimum absolute atomic E-state index is 0.0685. The molecule has 0 saturated heterocycles. The maximum atomic E-state index is 12.9. The Morgan fingerprint density at radius 1 is 1.09 bits per heavy atom. The first-order valence-corrected chi connectivity index (χ1v) is 13.6. The lowest BCUT2D eigenvalue weighted by molar-refractivity contribution is -0.120. The normalized spacial score (nSPS) is 28.3. The molecule has 6 heteroatoms. The summed E-state index contributed by atoms with van der Waals surface area (Å²) in [6, 6.07) is 12.0. The van der Waals surface area contributed by atoms with E-state index in [4.69, 9.17) is 21.1 Å². The van der Waals surface area contributed by atoms with Gasteiger partial charge in [-0.2, -0.15) is 0 Å². The lowest BCUT2D eigenvalue weighted by Gasteiger charge is -2.57. The summed E-state index contributed by atoms with van der Waals surface area (Å²) in [6.45, 7) is 3.84. The first-order valence-electron chi connectivity index (χ1n) is 13.2. The van der Waals surface area contributed by atoms with Gasteiger partial charge in [0.2, 0.25) is 0 Å². The predicted octanol–water partition coefficient (Wildman–Crippen LogP) is 5.77. The number of hydrogen-bond acceptors (Lipinski definition) is 4. The molecule has 1 aliphatic heterocycles. The molecule has 0 spiro atoms. The minimum atomic E-state index is -0.0704. The Hall–Kier alpha value is -2.24. The molecule has 5 aliphatic rings. The Morgan fingerprint density at radius 2 is 1.80 bits per heavy atom. The van der Waals surface area contributed by atoms with Gasteiger partial charge >= 0.3 is 0 Å². The van der Waals surface area contributed by atoms with Gasteiger partial charge in [0.05, 0.1) is 11.6 Å². The number of carbonyl (C=O) groups excluding carboxylic acids is 1. The molecule has 0 radical (unpaired) electrons. The number of nitrogens with zero attached hydrogens (tertiary/aromatic N) is 1. The highest BCUT2D eigenvalue weighted by atomic mass is 35.5. The van der Waals surface area contributed by atoms with Gasteiger partial charge in [0.1, 0.15) is 0 Å². The van der Waals surface area contributed by atoms with Gasteiger partial charge < -0.3 is 19.7 Å². The number of anilines is 1. The largest absolute Gasteiger partial charge is 0.490 e. The zero-order valence-electron chi connectivity index (χ0n) is 20.5. The third kappa shape index (κ3) is 4.53. The van der Waals surface area contributed by atoms with Crippen LogP contribution in [0.4, 0.5) is 5.69 Å². The number of amides is 1. The molecule has 5 nitrogen and oxygen atoms in total. The molecule has 4 saturated carbocycles. The molecule has 0 unspecified atom stereocenters. The Morgan fingerprint density at radius 3 is 2.51 bits per heavy atom. The maximum absolute atomic E-state index is 12.9. The summed E-state index contributed by atoms with van der Waals surface area (Å²) in [7, 11) is 0. The van der Waals surface area contributed by atoms with Gasteiger partial charge in [-0.05, 0) is 98.9 Å². The lowest BCUT2D eigenvalue weighted by atomic mass is 9.53. The van der Waals surface area contributed by atoms with E-state index >= 15 is 0 Å². The predicted molar refractivity (Wildman–Crippen MR) is 138 cm³/mol. The molecule has 4 fully saturated rings. The van der Waals surface area contributed by atoms with Gasteiger partial charge in [-0.15, -0.1) is 0 Å². The Bertz CT molecular complexity index is 1080. The van der Waals surface area contributed by atoms with Crippen molar-refractivity contribution in [2.75, 3.05) is 24.7 Å². The van der Waals surface area contributed by atoms with Crippen LogP contribution in [0, 0.1) is 17.8 Å². The van der Waals surface area contributed by atoms with Crippen molar-refractivity contribution in [3.63, 3.8) is 0 Å². The van der Waals surface area contributed by atoms with E-state index in [0.29, 0.717) is 35.2 Å². The molecular formula is C29H35ClN2O3. The zero-order chi connectivity index (χ0) is 24.0. The average Bonchev–Trinajstić information content (AvgIpc) is 3.26. The molecule has 7 rings (SSSR count). The summed E-state index contributed by atoms with van der Waals surface area (Å²) >= 11 is 6.69. The minimum Gasteiger partial charge on any atom is -0.490 e. The summed E-state index contributed by atoms with van der Waals surface area (Å²) in [5.41, 5.74) is 3.56. The Balaban J connectivity index is 1.14. The van der Waals surface area contributed by atoms with Gasteiger partial charge in [-0.1, -0.05) is 29.8 Å². The van der Waals surface area contributed by atoms with E-state index in [2.05, 4.69) is 11.4 Å².